The molecule has 0 N–H and O–H groups in total. The lowest BCUT2D eigenvalue weighted by Crippen LogP contribution is -2.32. The highest BCUT2D eigenvalue weighted by Crippen LogP contribution is 2.41. The third-order valence-electron chi connectivity index (χ3n) is 5.17. The fraction of sp³-hybridized carbons (Fsp3) is 0.611. The predicted octanol–water partition coefficient (Wildman–Crippen LogP) is 1.99. The molecule has 1 aliphatic heterocycles. The van der Waals surface area contributed by atoms with E-state index < -0.39 is 9.84 Å². The summed E-state index contributed by atoms with van der Waals surface area (Å²) in [6.07, 6.45) is 6.77. The average molecular weight is 407 g/mol. The van der Waals surface area contributed by atoms with Crippen LogP contribution >= 0.6 is 0 Å². The normalized spacial score (nSPS) is 17.6. The number of piperidine rings is 1. The van der Waals surface area contributed by atoms with Crippen molar-refractivity contribution < 1.29 is 17.9 Å². The zero-order chi connectivity index (χ0) is 19.7. The highest BCUT2D eigenvalue weighted by Gasteiger charge is 2.37. The van der Waals surface area contributed by atoms with E-state index in [1.54, 1.807) is 6.07 Å². The Labute approximate surface area is 164 Å². The first-order valence-corrected chi connectivity index (χ1v) is 11.2. The predicted molar refractivity (Wildman–Crippen MR) is 103 cm³/mol. The van der Waals surface area contributed by atoms with E-state index in [1.807, 2.05) is 4.57 Å². The molecule has 0 unspecified atom stereocenters. The quantitative estimate of drug-likeness (QED) is 0.687. The zero-order valence-electron chi connectivity index (χ0n) is 16.2. The molecule has 0 atom stereocenters. The van der Waals surface area contributed by atoms with Gasteiger partial charge in [0.25, 0.3) is 5.16 Å². The van der Waals surface area contributed by atoms with Crippen molar-refractivity contribution in [2.75, 3.05) is 32.2 Å². The average Bonchev–Trinajstić information content (AvgIpc) is 3.45. The molecule has 4 rings (SSSR count). The fourth-order valence-corrected chi connectivity index (χ4v) is 5.03. The first-order chi connectivity index (χ1) is 13.5. The minimum atomic E-state index is -3.76. The van der Waals surface area contributed by atoms with Gasteiger partial charge in [-0.05, 0) is 32.1 Å². The molecule has 10 heteroatoms. The number of rotatable bonds is 7. The third-order valence-corrected chi connectivity index (χ3v) is 6.66. The Morgan fingerprint density at radius 2 is 1.86 bits per heavy atom. The van der Waals surface area contributed by atoms with Crippen molar-refractivity contribution in [3.8, 4) is 11.5 Å². The first kappa shape index (κ1) is 19.0. The molecule has 3 heterocycles. The number of sulfone groups is 1. The van der Waals surface area contributed by atoms with Crippen LogP contribution in [-0.4, -0.2) is 55.5 Å². The van der Waals surface area contributed by atoms with Gasteiger partial charge in [-0.1, -0.05) is 0 Å². The molecule has 1 saturated heterocycles. The SMILES string of the molecule is COc1ccnc(CS(=O)(=O)c2nnc(N3CCCCC3)n2C2CC2)c1OC. The molecule has 1 aliphatic carbocycles. The highest BCUT2D eigenvalue weighted by atomic mass is 32.2. The van der Waals surface area contributed by atoms with E-state index in [9.17, 15) is 8.42 Å². The minimum absolute atomic E-state index is 0.0160. The lowest BCUT2D eigenvalue weighted by atomic mass is 10.1. The summed E-state index contributed by atoms with van der Waals surface area (Å²) in [5.41, 5.74) is 0.298. The van der Waals surface area contributed by atoms with Crippen LogP contribution in [0.2, 0.25) is 0 Å². The van der Waals surface area contributed by atoms with Crippen molar-refractivity contribution in [2.24, 2.45) is 0 Å². The van der Waals surface area contributed by atoms with Gasteiger partial charge in [0.15, 0.2) is 11.5 Å². The molecule has 1 saturated carbocycles. The topological polar surface area (TPSA) is 99.4 Å². The van der Waals surface area contributed by atoms with E-state index in [0.29, 0.717) is 23.1 Å². The molecule has 0 bridgehead atoms. The number of pyridine rings is 1. The third kappa shape index (κ3) is 3.52. The lowest BCUT2D eigenvalue weighted by Gasteiger charge is -2.27. The van der Waals surface area contributed by atoms with Gasteiger partial charge in [0, 0.05) is 31.4 Å². The monoisotopic (exact) mass is 407 g/mol. The number of anilines is 1. The molecular weight excluding hydrogens is 382 g/mol. The van der Waals surface area contributed by atoms with E-state index in [0.717, 1.165) is 38.8 Å². The summed E-state index contributed by atoms with van der Waals surface area (Å²) in [6.45, 7) is 1.77. The Morgan fingerprint density at radius 3 is 2.50 bits per heavy atom. The van der Waals surface area contributed by atoms with Gasteiger partial charge in [-0.2, -0.15) is 0 Å². The van der Waals surface area contributed by atoms with Crippen molar-refractivity contribution in [1.82, 2.24) is 19.7 Å². The van der Waals surface area contributed by atoms with E-state index in [2.05, 4.69) is 20.1 Å². The van der Waals surface area contributed by atoms with E-state index in [1.165, 1.54) is 26.8 Å². The van der Waals surface area contributed by atoms with Crippen LogP contribution in [0.5, 0.6) is 11.5 Å². The standard InChI is InChI=1S/C18H25N5O4S/c1-26-15-8-9-19-14(16(15)27-2)12-28(24,25)18-21-20-17(23(18)13-6-7-13)22-10-4-3-5-11-22/h8-9,13H,3-7,10-12H2,1-2H3. The van der Waals surface area contributed by atoms with E-state index in [4.69, 9.17) is 9.47 Å². The zero-order valence-corrected chi connectivity index (χ0v) is 17.0. The van der Waals surface area contributed by atoms with Crippen LogP contribution in [-0.2, 0) is 15.6 Å². The molecule has 2 aromatic rings. The Kier molecular flexibility index (Phi) is 5.13. The van der Waals surface area contributed by atoms with Crippen molar-refractivity contribution in [3.63, 3.8) is 0 Å². The Balaban J connectivity index is 1.70. The molecule has 2 aromatic heterocycles. The highest BCUT2D eigenvalue weighted by molar-refractivity contribution is 7.90. The number of ether oxygens (including phenoxy) is 2. The summed E-state index contributed by atoms with van der Waals surface area (Å²) in [5, 5.41) is 8.39. The molecule has 28 heavy (non-hydrogen) atoms. The number of methoxy groups -OCH3 is 2. The van der Waals surface area contributed by atoms with Crippen molar-refractivity contribution in [2.45, 2.75) is 49.1 Å². The van der Waals surface area contributed by atoms with Crippen LogP contribution in [0.4, 0.5) is 5.95 Å². The molecular formula is C18H25N5O4S. The smallest absolute Gasteiger partial charge is 0.251 e. The molecule has 2 aliphatic rings. The summed E-state index contributed by atoms with van der Waals surface area (Å²) < 4.78 is 38.9. The molecule has 0 amide bonds. The second kappa shape index (κ2) is 7.57. The lowest BCUT2D eigenvalue weighted by molar-refractivity contribution is 0.350. The number of hydrogen-bond donors (Lipinski definition) is 0. The largest absolute Gasteiger partial charge is 0.493 e. The number of aromatic nitrogens is 4. The molecule has 9 nitrogen and oxygen atoms in total. The van der Waals surface area contributed by atoms with Crippen LogP contribution < -0.4 is 14.4 Å². The summed E-state index contributed by atoms with van der Waals surface area (Å²) in [5.74, 6) is 1.12. The Bertz CT molecular complexity index is 949. The molecule has 152 valence electrons. The van der Waals surface area contributed by atoms with Gasteiger partial charge in [0.2, 0.25) is 15.8 Å². The van der Waals surface area contributed by atoms with Gasteiger partial charge in [-0.3, -0.25) is 9.55 Å². The molecule has 2 fully saturated rings. The van der Waals surface area contributed by atoms with Crippen LogP contribution in [0.15, 0.2) is 17.4 Å². The van der Waals surface area contributed by atoms with Gasteiger partial charge in [-0.25, -0.2) is 8.42 Å². The minimum Gasteiger partial charge on any atom is -0.493 e. The Morgan fingerprint density at radius 1 is 1.11 bits per heavy atom. The van der Waals surface area contributed by atoms with Gasteiger partial charge in [0.05, 0.1) is 14.2 Å². The maximum Gasteiger partial charge on any atom is 0.251 e. The first-order valence-electron chi connectivity index (χ1n) is 9.53. The van der Waals surface area contributed by atoms with Gasteiger partial charge in [-0.15, -0.1) is 10.2 Å². The van der Waals surface area contributed by atoms with Gasteiger partial charge in [0.1, 0.15) is 11.4 Å². The summed E-state index contributed by atoms with van der Waals surface area (Å²) in [6, 6.07) is 1.78. The maximum atomic E-state index is 13.2. The second-order valence-corrected chi connectivity index (χ2v) is 9.07. The Hall–Kier alpha value is -2.36. The van der Waals surface area contributed by atoms with Crippen molar-refractivity contribution in [3.05, 3.63) is 18.0 Å². The van der Waals surface area contributed by atoms with Crippen LogP contribution in [0.25, 0.3) is 0 Å². The number of nitrogens with zero attached hydrogens (tertiary/aromatic N) is 5. The maximum absolute atomic E-state index is 13.2. The summed E-state index contributed by atoms with van der Waals surface area (Å²) in [4.78, 5) is 6.35. The molecule has 0 spiro atoms. The van der Waals surface area contributed by atoms with Crippen LogP contribution in [0, 0.1) is 0 Å². The molecule has 0 radical (unpaired) electrons. The van der Waals surface area contributed by atoms with Crippen LogP contribution in [0.3, 0.4) is 0 Å². The molecule has 0 aromatic carbocycles. The number of hydrogen-bond acceptors (Lipinski definition) is 8. The van der Waals surface area contributed by atoms with Gasteiger partial charge >= 0.3 is 0 Å². The van der Waals surface area contributed by atoms with Crippen LogP contribution in [0.1, 0.15) is 43.8 Å². The summed E-state index contributed by atoms with van der Waals surface area (Å²) in [7, 11) is -0.786. The van der Waals surface area contributed by atoms with Crippen molar-refractivity contribution in [1.29, 1.82) is 0 Å². The van der Waals surface area contributed by atoms with Crippen molar-refractivity contribution >= 4 is 15.8 Å². The second-order valence-electron chi connectivity index (χ2n) is 7.18. The summed E-state index contributed by atoms with van der Waals surface area (Å²) >= 11 is 0. The van der Waals surface area contributed by atoms with E-state index in [-0.39, 0.29) is 17.0 Å². The van der Waals surface area contributed by atoms with Gasteiger partial charge < -0.3 is 14.4 Å². The fourth-order valence-electron chi connectivity index (χ4n) is 3.64. The van der Waals surface area contributed by atoms with E-state index >= 15 is 0 Å².